The summed E-state index contributed by atoms with van der Waals surface area (Å²) >= 11 is 0. The van der Waals surface area contributed by atoms with E-state index >= 15 is 0 Å². The molecule has 0 aliphatic heterocycles. The number of H-pyrrole nitrogens is 1. The van der Waals surface area contributed by atoms with E-state index in [-0.39, 0.29) is 0 Å². The lowest BCUT2D eigenvalue weighted by molar-refractivity contribution is 0.414. The summed E-state index contributed by atoms with van der Waals surface area (Å²) in [4.78, 5) is 7.91. The van der Waals surface area contributed by atoms with Crippen molar-refractivity contribution in [2.45, 2.75) is 18.5 Å². The van der Waals surface area contributed by atoms with Crippen LogP contribution in [0.2, 0.25) is 0 Å². The lowest BCUT2D eigenvalue weighted by Crippen LogP contribution is -1.98. The number of ether oxygens (including phenoxy) is 2. The number of hydrogen-bond donors (Lipinski definition) is 1. The molecule has 0 fully saturated rings. The topological polar surface area (TPSA) is 64.2 Å². The van der Waals surface area contributed by atoms with Crippen LogP contribution in [0.15, 0.2) is 53.7 Å². The van der Waals surface area contributed by atoms with Crippen LogP contribution in [-0.2, 0) is 10.8 Å². The van der Waals surface area contributed by atoms with Crippen molar-refractivity contribution in [1.82, 2.24) is 9.97 Å². The molecule has 0 saturated heterocycles. The Hall–Kier alpha value is -2.60. The minimum absolute atomic E-state index is 0.503. The van der Waals surface area contributed by atoms with Crippen molar-refractivity contribution < 1.29 is 13.7 Å². The van der Waals surface area contributed by atoms with Gasteiger partial charge in [0.1, 0.15) is 11.5 Å². The van der Waals surface area contributed by atoms with E-state index in [1.807, 2.05) is 55.5 Å². The Labute approximate surface area is 155 Å². The van der Waals surface area contributed by atoms with Crippen molar-refractivity contribution in [2.75, 3.05) is 20.0 Å². The Bertz CT molecular complexity index is 821. The van der Waals surface area contributed by atoms with Crippen LogP contribution < -0.4 is 9.47 Å². The molecule has 5 nitrogen and oxygen atoms in total. The third kappa shape index (κ3) is 3.80. The standard InChI is InChI=1S/C20H22N2O3S/c1-4-13-26(23)20-21-18(14-5-9-16(24-2)10-6-14)19(22-20)15-7-11-17(25-3)12-8-15/h5-12H,4,13H2,1-3H3,(H,21,22). The Morgan fingerprint density at radius 2 is 1.46 bits per heavy atom. The van der Waals surface area contributed by atoms with Crippen LogP contribution in [0.4, 0.5) is 0 Å². The van der Waals surface area contributed by atoms with Crippen LogP contribution in [0.5, 0.6) is 11.5 Å². The van der Waals surface area contributed by atoms with Crippen molar-refractivity contribution in [1.29, 1.82) is 0 Å². The third-order valence-corrected chi connectivity index (χ3v) is 5.43. The average molecular weight is 370 g/mol. The van der Waals surface area contributed by atoms with Crippen LogP contribution in [-0.4, -0.2) is 34.1 Å². The lowest BCUT2D eigenvalue weighted by Gasteiger charge is -2.06. The second-order valence-corrected chi connectivity index (χ2v) is 7.26. The predicted molar refractivity (Wildman–Crippen MR) is 104 cm³/mol. The maximum atomic E-state index is 12.5. The van der Waals surface area contributed by atoms with Crippen molar-refractivity contribution in [3.63, 3.8) is 0 Å². The summed E-state index contributed by atoms with van der Waals surface area (Å²) in [6.07, 6.45) is 0.836. The van der Waals surface area contributed by atoms with Gasteiger partial charge < -0.3 is 14.5 Å². The van der Waals surface area contributed by atoms with Gasteiger partial charge in [-0.1, -0.05) is 6.92 Å². The van der Waals surface area contributed by atoms with Gasteiger partial charge in [-0.05, 0) is 55.0 Å². The second-order valence-electron chi connectivity index (χ2n) is 5.77. The van der Waals surface area contributed by atoms with Gasteiger partial charge in [-0.25, -0.2) is 4.98 Å². The third-order valence-electron chi connectivity index (χ3n) is 4.03. The van der Waals surface area contributed by atoms with Gasteiger partial charge in [-0.15, -0.1) is 0 Å². The second kappa shape index (κ2) is 8.19. The number of methoxy groups -OCH3 is 2. The van der Waals surface area contributed by atoms with Gasteiger partial charge in [-0.2, -0.15) is 0 Å². The van der Waals surface area contributed by atoms with E-state index in [1.54, 1.807) is 14.2 Å². The van der Waals surface area contributed by atoms with E-state index in [9.17, 15) is 4.21 Å². The van der Waals surface area contributed by atoms with E-state index in [2.05, 4.69) is 9.97 Å². The average Bonchev–Trinajstić information content (AvgIpc) is 3.14. The first-order chi connectivity index (χ1) is 12.7. The molecule has 0 radical (unpaired) electrons. The van der Waals surface area contributed by atoms with Gasteiger partial charge in [0.2, 0.25) is 0 Å². The monoisotopic (exact) mass is 370 g/mol. The number of nitrogens with one attached hydrogen (secondary N) is 1. The summed E-state index contributed by atoms with van der Waals surface area (Å²) in [7, 11) is 2.13. The normalized spacial score (nSPS) is 12.0. The predicted octanol–water partition coefficient (Wildman–Crippen LogP) is 4.28. The van der Waals surface area contributed by atoms with Crippen molar-refractivity contribution >= 4 is 10.8 Å². The van der Waals surface area contributed by atoms with E-state index in [1.165, 1.54) is 0 Å². The molecule has 136 valence electrons. The lowest BCUT2D eigenvalue weighted by atomic mass is 10.0. The van der Waals surface area contributed by atoms with E-state index in [0.29, 0.717) is 10.9 Å². The number of benzene rings is 2. The van der Waals surface area contributed by atoms with Crippen molar-refractivity contribution in [3.05, 3.63) is 48.5 Å². The molecule has 3 aromatic rings. The number of rotatable bonds is 7. The van der Waals surface area contributed by atoms with Gasteiger partial charge in [0, 0.05) is 16.9 Å². The highest BCUT2D eigenvalue weighted by atomic mass is 32.2. The zero-order chi connectivity index (χ0) is 18.5. The molecule has 0 saturated carbocycles. The molecule has 1 unspecified atom stereocenters. The number of aromatic nitrogens is 2. The molecular formula is C20H22N2O3S. The number of imidazole rings is 1. The Morgan fingerprint density at radius 3 is 1.96 bits per heavy atom. The van der Waals surface area contributed by atoms with Gasteiger partial charge in [0.05, 0.1) is 36.4 Å². The maximum Gasteiger partial charge on any atom is 0.197 e. The Kier molecular flexibility index (Phi) is 5.73. The molecule has 26 heavy (non-hydrogen) atoms. The van der Waals surface area contributed by atoms with Crippen LogP contribution in [0, 0.1) is 0 Å². The molecule has 0 amide bonds. The zero-order valence-corrected chi connectivity index (χ0v) is 15.9. The quantitative estimate of drug-likeness (QED) is 0.674. The summed E-state index contributed by atoms with van der Waals surface area (Å²) in [6, 6.07) is 15.4. The van der Waals surface area contributed by atoms with E-state index < -0.39 is 10.8 Å². The fourth-order valence-electron chi connectivity index (χ4n) is 2.67. The molecular weight excluding hydrogens is 348 g/mol. The van der Waals surface area contributed by atoms with Crippen LogP contribution >= 0.6 is 0 Å². The summed E-state index contributed by atoms with van der Waals surface area (Å²) in [5.74, 6) is 2.15. The zero-order valence-electron chi connectivity index (χ0n) is 15.1. The van der Waals surface area contributed by atoms with E-state index in [4.69, 9.17) is 9.47 Å². The van der Waals surface area contributed by atoms with Gasteiger partial charge in [0.15, 0.2) is 5.16 Å². The molecule has 0 spiro atoms. The van der Waals surface area contributed by atoms with Crippen molar-refractivity contribution in [3.8, 4) is 34.0 Å². The molecule has 0 aliphatic carbocycles. The van der Waals surface area contributed by atoms with Crippen LogP contribution in [0.25, 0.3) is 22.5 Å². The Balaban J connectivity index is 2.08. The first-order valence-corrected chi connectivity index (χ1v) is 9.75. The molecule has 3 rings (SSSR count). The van der Waals surface area contributed by atoms with E-state index in [0.717, 1.165) is 40.4 Å². The summed E-state index contributed by atoms with van der Waals surface area (Å²) in [5.41, 5.74) is 3.52. The molecule has 6 heteroatoms. The summed E-state index contributed by atoms with van der Waals surface area (Å²) in [6.45, 7) is 2.01. The number of hydrogen-bond acceptors (Lipinski definition) is 4. The van der Waals surface area contributed by atoms with Gasteiger partial charge in [0.25, 0.3) is 0 Å². The molecule has 1 aromatic heterocycles. The fraction of sp³-hybridized carbons (Fsp3) is 0.250. The molecule has 1 N–H and O–H groups in total. The first kappa shape index (κ1) is 18.2. The van der Waals surface area contributed by atoms with Gasteiger partial charge in [-0.3, -0.25) is 4.21 Å². The molecule has 0 bridgehead atoms. The van der Waals surface area contributed by atoms with Crippen molar-refractivity contribution in [2.24, 2.45) is 0 Å². The van der Waals surface area contributed by atoms with Crippen LogP contribution in [0.3, 0.4) is 0 Å². The smallest absolute Gasteiger partial charge is 0.197 e. The molecule has 1 heterocycles. The fourth-order valence-corrected chi connectivity index (χ4v) is 3.64. The highest BCUT2D eigenvalue weighted by Crippen LogP contribution is 2.32. The largest absolute Gasteiger partial charge is 0.497 e. The maximum absolute atomic E-state index is 12.5. The summed E-state index contributed by atoms with van der Waals surface area (Å²) in [5, 5.41) is 0.503. The number of aromatic amines is 1. The summed E-state index contributed by atoms with van der Waals surface area (Å²) < 4.78 is 22.9. The highest BCUT2D eigenvalue weighted by molar-refractivity contribution is 7.84. The molecule has 0 aliphatic rings. The Morgan fingerprint density at radius 1 is 0.923 bits per heavy atom. The first-order valence-electron chi connectivity index (χ1n) is 8.43. The SMILES string of the molecule is CCCS(=O)c1nc(-c2ccc(OC)cc2)c(-c2ccc(OC)cc2)[nH]1. The van der Waals surface area contributed by atoms with Crippen LogP contribution in [0.1, 0.15) is 13.3 Å². The molecule has 2 aromatic carbocycles. The highest BCUT2D eigenvalue weighted by Gasteiger charge is 2.17. The minimum atomic E-state index is -1.15. The molecule has 1 atom stereocenters. The van der Waals surface area contributed by atoms with Gasteiger partial charge >= 0.3 is 0 Å². The number of nitrogens with zero attached hydrogens (tertiary/aromatic N) is 1. The minimum Gasteiger partial charge on any atom is -0.497 e.